The molecule has 0 aliphatic heterocycles. The fourth-order valence-electron chi connectivity index (χ4n) is 1.96. The van der Waals surface area contributed by atoms with Gasteiger partial charge >= 0.3 is 0 Å². The van der Waals surface area contributed by atoms with Crippen LogP contribution in [0.15, 0.2) is 61.2 Å². The van der Waals surface area contributed by atoms with E-state index in [9.17, 15) is 0 Å². The summed E-state index contributed by atoms with van der Waals surface area (Å²) >= 11 is 0. The Morgan fingerprint density at radius 3 is 2.00 bits per heavy atom. The summed E-state index contributed by atoms with van der Waals surface area (Å²) in [6, 6.07) is 17.3. The first kappa shape index (κ1) is 12.4. The van der Waals surface area contributed by atoms with E-state index in [1.54, 1.807) is 0 Å². The molecule has 2 aromatic carbocycles. The molecule has 0 unspecified atom stereocenters. The van der Waals surface area contributed by atoms with Crippen LogP contribution in [0.3, 0.4) is 0 Å². The molecule has 1 N–H and O–H groups in total. The van der Waals surface area contributed by atoms with E-state index in [4.69, 9.17) is 0 Å². The third-order valence-corrected chi connectivity index (χ3v) is 3.10. The van der Waals surface area contributed by atoms with Crippen LogP contribution in [0.2, 0.25) is 0 Å². The lowest BCUT2D eigenvalue weighted by Gasteiger charge is -2.05. The first-order chi connectivity index (χ1) is 8.83. The van der Waals surface area contributed by atoms with Crippen molar-refractivity contribution < 1.29 is 0 Å². The Balaban J connectivity index is 2.14. The lowest BCUT2D eigenvalue weighted by Crippen LogP contribution is -1.87. The second-order valence-electron chi connectivity index (χ2n) is 4.35. The summed E-state index contributed by atoms with van der Waals surface area (Å²) in [4.78, 5) is 0. The van der Waals surface area contributed by atoms with Crippen molar-refractivity contribution in [1.82, 2.24) is 0 Å². The molecule has 2 aromatic rings. The lowest BCUT2D eigenvalue weighted by molar-refractivity contribution is 1.00. The fraction of sp³-hybridized carbons (Fsp3) is 0.176. The van der Waals surface area contributed by atoms with Crippen LogP contribution < -0.4 is 5.32 Å². The van der Waals surface area contributed by atoms with E-state index < -0.39 is 0 Å². The third-order valence-electron chi connectivity index (χ3n) is 3.10. The molecule has 0 radical (unpaired) electrons. The molecule has 1 heteroatoms. The van der Waals surface area contributed by atoms with Gasteiger partial charge in [-0.15, -0.1) is 6.58 Å². The normalized spacial score (nSPS) is 10.1. The van der Waals surface area contributed by atoms with Gasteiger partial charge in [0.25, 0.3) is 0 Å². The Morgan fingerprint density at radius 1 is 0.944 bits per heavy atom. The van der Waals surface area contributed by atoms with Crippen LogP contribution in [0.5, 0.6) is 0 Å². The van der Waals surface area contributed by atoms with Crippen LogP contribution in [-0.4, -0.2) is 7.05 Å². The summed E-state index contributed by atoms with van der Waals surface area (Å²) in [6.45, 7) is 3.75. The van der Waals surface area contributed by atoms with Gasteiger partial charge in [-0.3, -0.25) is 0 Å². The summed E-state index contributed by atoms with van der Waals surface area (Å²) in [5.74, 6) is 0. The maximum Gasteiger partial charge on any atom is 0.0337 e. The van der Waals surface area contributed by atoms with E-state index in [1.807, 2.05) is 13.1 Å². The number of anilines is 1. The number of rotatable bonds is 5. The summed E-state index contributed by atoms with van der Waals surface area (Å²) in [7, 11) is 1.93. The van der Waals surface area contributed by atoms with Gasteiger partial charge in [-0.1, -0.05) is 42.5 Å². The highest BCUT2D eigenvalue weighted by atomic mass is 14.8. The van der Waals surface area contributed by atoms with Gasteiger partial charge < -0.3 is 5.32 Å². The molecule has 0 atom stereocenters. The maximum atomic E-state index is 3.75. The van der Waals surface area contributed by atoms with E-state index >= 15 is 0 Å². The molecule has 0 bridgehead atoms. The summed E-state index contributed by atoms with van der Waals surface area (Å²) in [6.07, 6.45) is 4.07. The lowest BCUT2D eigenvalue weighted by atomic mass is 10.0. The summed E-state index contributed by atoms with van der Waals surface area (Å²) in [5.41, 5.74) is 5.02. The molecule has 0 saturated heterocycles. The molecule has 18 heavy (non-hydrogen) atoms. The number of allylic oxidation sites excluding steroid dienone is 1. The third kappa shape index (κ3) is 3.01. The minimum atomic E-state index is 1.04. The number of hydrogen-bond donors (Lipinski definition) is 1. The Morgan fingerprint density at radius 2 is 1.50 bits per heavy atom. The smallest absolute Gasteiger partial charge is 0.0337 e. The van der Waals surface area contributed by atoms with E-state index in [0.717, 1.165) is 18.5 Å². The van der Waals surface area contributed by atoms with Crippen LogP contribution in [-0.2, 0) is 6.42 Å². The Labute approximate surface area is 109 Å². The standard InChI is InChI=1S/C17H19N/c1-3-4-5-14-6-8-15(9-7-14)16-10-12-17(18-2)13-11-16/h3,6-13,18H,1,4-5H2,2H3. The number of hydrogen-bond acceptors (Lipinski definition) is 1. The van der Waals surface area contributed by atoms with Gasteiger partial charge in [-0.2, -0.15) is 0 Å². The van der Waals surface area contributed by atoms with Crippen LogP contribution in [0.4, 0.5) is 5.69 Å². The zero-order valence-electron chi connectivity index (χ0n) is 10.8. The quantitative estimate of drug-likeness (QED) is 0.754. The van der Waals surface area contributed by atoms with Gasteiger partial charge in [0.1, 0.15) is 0 Å². The zero-order chi connectivity index (χ0) is 12.8. The van der Waals surface area contributed by atoms with Crippen molar-refractivity contribution in [1.29, 1.82) is 0 Å². The van der Waals surface area contributed by atoms with Crippen molar-refractivity contribution in [3.63, 3.8) is 0 Å². The summed E-state index contributed by atoms with van der Waals surface area (Å²) < 4.78 is 0. The monoisotopic (exact) mass is 237 g/mol. The highest BCUT2D eigenvalue weighted by Gasteiger charge is 1.98. The Bertz CT molecular complexity index is 494. The van der Waals surface area contributed by atoms with E-state index in [-0.39, 0.29) is 0 Å². The minimum absolute atomic E-state index is 1.04. The van der Waals surface area contributed by atoms with Crippen LogP contribution in [0.1, 0.15) is 12.0 Å². The fourth-order valence-corrected chi connectivity index (χ4v) is 1.96. The first-order valence-corrected chi connectivity index (χ1v) is 6.31. The van der Waals surface area contributed by atoms with Crippen molar-refractivity contribution in [3.05, 3.63) is 66.7 Å². The van der Waals surface area contributed by atoms with Gasteiger partial charge in [0, 0.05) is 12.7 Å². The molecular formula is C17H19N. The molecule has 0 aromatic heterocycles. The van der Waals surface area contributed by atoms with Crippen LogP contribution in [0.25, 0.3) is 11.1 Å². The molecule has 0 saturated carbocycles. The molecule has 0 aliphatic rings. The zero-order valence-corrected chi connectivity index (χ0v) is 10.8. The predicted octanol–water partition coefficient (Wildman–Crippen LogP) is 4.51. The highest BCUT2D eigenvalue weighted by Crippen LogP contribution is 2.22. The molecule has 2 rings (SSSR count). The van der Waals surface area contributed by atoms with E-state index in [1.165, 1.54) is 16.7 Å². The largest absolute Gasteiger partial charge is 0.388 e. The van der Waals surface area contributed by atoms with Crippen molar-refractivity contribution >= 4 is 5.69 Å². The average Bonchev–Trinajstić information content (AvgIpc) is 2.46. The molecular weight excluding hydrogens is 218 g/mol. The maximum absolute atomic E-state index is 3.75. The Kier molecular flexibility index (Phi) is 4.19. The van der Waals surface area contributed by atoms with Crippen molar-refractivity contribution in [2.24, 2.45) is 0 Å². The molecule has 0 amide bonds. The Hall–Kier alpha value is -2.02. The molecule has 0 spiro atoms. The number of benzene rings is 2. The predicted molar refractivity (Wildman–Crippen MR) is 79.9 cm³/mol. The van der Waals surface area contributed by atoms with E-state index in [2.05, 4.69) is 60.4 Å². The average molecular weight is 237 g/mol. The first-order valence-electron chi connectivity index (χ1n) is 6.31. The minimum Gasteiger partial charge on any atom is -0.388 e. The SMILES string of the molecule is C=CCCc1ccc(-c2ccc(NC)cc2)cc1. The second-order valence-corrected chi connectivity index (χ2v) is 4.35. The number of nitrogens with one attached hydrogen (secondary N) is 1. The van der Waals surface area contributed by atoms with Gasteiger partial charge in [-0.05, 0) is 41.7 Å². The van der Waals surface area contributed by atoms with Gasteiger partial charge in [-0.25, -0.2) is 0 Å². The molecule has 0 fully saturated rings. The van der Waals surface area contributed by atoms with Crippen LogP contribution in [0, 0.1) is 0 Å². The van der Waals surface area contributed by atoms with Gasteiger partial charge in [0.15, 0.2) is 0 Å². The van der Waals surface area contributed by atoms with Crippen LogP contribution >= 0.6 is 0 Å². The topological polar surface area (TPSA) is 12.0 Å². The number of aryl methyl sites for hydroxylation is 1. The van der Waals surface area contributed by atoms with Gasteiger partial charge in [0.2, 0.25) is 0 Å². The second kappa shape index (κ2) is 6.06. The molecule has 92 valence electrons. The molecule has 0 heterocycles. The van der Waals surface area contributed by atoms with Gasteiger partial charge in [0.05, 0.1) is 0 Å². The van der Waals surface area contributed by atoms with E-state index in [0.29, 0.717) is 0 Å². The van der Waals surface area contributed by atoms with Crippen molar-refractivity contribution in [2.75, 3.05) is 12.4 Å². The van der Waals surface area contributed by atoms with Crippen molar-refractivity contribution in [2.45, 2.75) is 12.8 Å². The van der Waals surface area contributed by atoms with Crippen molar-refractivity contribution in [3.8, 4) is 11.1 Å². The highest BCUT2D eigenvalue weighted by molar-refractivity contribution is 5.66. The molecule has 1 nitrogen and oxygen atoms in total. The summed E-state index contributed by atoms with van der Waals surface area (Å²) in [5, 5.41) is 3.13. The molecule has 0 aliphatic carbocycles.